The van der Waals surface area contributed by atoms with Crippen LogP contribution in [0.25, 0.3) is 0 Å². The predicted molar refractivity (Wildman–Crippen MR) is 91.4 cm³/mol. The third kappa shape index (κ3) is 4.01. The molecule has 138 valence electrons. The van der Waals surface area contributed by atoms with Crippen LogP contribution < -0.4 is 5.73 Å². The fraction of sp³-hybridized carbons (Fsp3) is 0.706. The van der Waals surface area contributed by atoms with Gasteiger partial charge in [0.2, 0.25) is 11.8 Å². The van der Waals surface area contributed by atoms with Gasteiger partial charge in [0.1, 0.15) is 0 Å². The Hall–Kier alpha value is -1.93. The summed E-state index contributed by atoms with van der Waals surface area (Å²) in [5, 5.41) is 9.93. The van der Waals surface area contributed by atoms with E-state index in [4.69, 9.17) is 5.73 Å². The SMILES string of the molecule is NC(=O)CN1CCC2(CC1)CCN(C(=O)Cc1cnc[nH]1)CC2CO. The molecule has 2 saturated heterocycles. The van der Waals surface area contributed by atoms with Crippen LogP contribution in [-0.2, 0) is 16.0 Å². The second-order valence-electron chi connectivity index (χ2n) is 7.33. The number of nitrogens with zero attached hydrogens (tertiary/aromatic N) is 3. The average molecular weight is 349 g/mol. The molecule has 25 heavy (non-hydrogen) atoms. The predicted octanol–water partition coefficient (Wildman–Crippen LogP) is -0.639. The lowest BCUT2D eigenvalue weighted by Gasteiger charge is -2.51. The molecule has 4 N–H and O–H groups in total. The second-order valence-corrected chi connectivity index (χ2v) is 7.33. The molecule has 0 saturated carbocycles. The van der Waals surface area contributed by atoms with Crippen LogP contribution in [0.4, 0.5) is 0 Å². The first-order valence-electron chi connectivity index (χ1n) is 8.89. The van der Waals surface area contributed by atoms with E-state index in [9.17, 15) is 14.7 Å². The van der Waals surface area contributed by atoms with Crippen molar-refractivity contribution in [2.45, 2.75) is 25.7 Å². The second kappa shape index (κ2) is 7.53. The minimum atomic E-state index is -0.297. The Labute approximate surface area is 147 Å². The highest BCUT2D eigenvalue weighted by molar-refractivity contribution is 5.78. The molecule has 3 rings (SSSR count). The number of nitrogens with two attached hydrogens (primary N) is 1. The van der Waals surface area contributed by atoms with Crippen LogP contribution in [-0.4, -0.2) is 76.0 Å². The highest BCUT2D eigenvalue weighted by Gasteiger charge is 2.45. The molecule has 3 heterocycles. The molecule has 2 fully saturated rings. The van der Waals surface area contributed by atoms with Crippen molar-refractivity contribution < 1.29 is 14.7 Å². The summed E-state index contributed by atoms with van der Waals surface area (Å²) < 4.78 is 0. The van der Waals surface area contributed by atoms with Crippen molar-refractivity contribution in [2.24, 2.45) is 17.1 Å². The Balaban J connectivity index is 1.58. The van der Waals surface area contributed by atoms with Crippen LogP contribution in [0.1, 0.15) is 25.0 Å². The lowest BCUT2D eigenvalue weighted by atomic mass is 9.64. The Kier molecular flexibility index (Phi) is 5.39. The molecule has 0 radical (unpaired) electrons. The third-order valence-corrected chi connectivity index (χ3v) is 5.89. The zero-order chi connectivity index (χ0) is 17.9. The monoisotopic (exact) mass is 349 g/mol. The number of aromatic nitrogens is 2. The number of aliphatic hydroxyl groups excluding tert-OH is 1. The summed E-state index contributed by atoms with van der Waals surface area (Å²) >= 11 is 0. The number of nitrogens with one attached hydrogen (secondary N) is 1. The summed E-state index contributed by atoms with van der Waals surface area (Å²) in [6.07, 6.45) is 6.34. The Morgan fingerprint density at radius 3 is 2.64 bits per heavy atom. The molecule has 1 atom stereocenters. The van der Waals surface area contributed by atoms with Crippen molar-refractivity contribution in [1.82, 2.24) is 19.8 Å². The van der Waals surface area contributed by atoms with Gasteiger partial charge >= 0.3 is 0 Å². The molecule has 1 aromatic heterocycles. The molecule has 2 aliphatic heterocycles. The number of aliphatic hydroxyl groups is 1. The van der Waals surface area contributed by atoms with Crippen LogP contribution in [0.3, 0.4) is 0 Å². The smallest absolute Gasteiger partial charge is 0.231 e. The minimum absolute atomic E-state index is 0.0632. The van der Waals surface area contributed by atoms with E-state index in [0.29, 0.717) is 19.5 Å². The van der Waals surface area contributed by atoms with Gasteiger partial charge in [0, 0.05) is 37.5 Å². The number of primary amides is 1. The standard InChI is InChI=1S/C17H27N5O3/c18-15(24)10-21-4-1-17(2-5-21)3-6-22(9-13(17)11-23)16(25)7-14-8-19-12-20-14/h8,12-13,23H,1-7,9-11H2,(H2,18,24)(H,19,20). The molecule has 0 aliphatic carbocycles. The summed E-state index contributed by atoms with van der Waals surface area (Å²) in [4.78, 5) is 34.4. The first-order chi connectivity index (χ1) is 12.0. The van der Waals surface area contributed by atoms with Crippen LogP contribution >= 0.6 is 0 Å². The molecule has 2 amide bonds. The number of imidazole rings is 1. The summed E-state index contributed by atoms with van der Waals surface area (Å²) in [6.45, 7) is 3.35. The van der Waals surface area contributed by atoms with Gasteiger partial charge in [0.15, 0.2) is 0 Å². The van der Waals surface area contributed by atoms with E-state index in [-0.39, 0.29) is 29.8 Å². The topological polar surface area (TPSA) is 116 Å². The van der Waals surface area contributed by atoms with Gasteiger partial charge in [-0.2, -0.15) is 0 Å². The first kappa shape index (κ1) is 17.9. The molecule has 8 heteroatoms. The number of H-pyrrole nitrogens is 1. The van der Waals surface area contributed by atoms with Gasteiger partial charge in [0.25, 0.3) is 0 Å². The van der Waals surface area contributed by atoms with Crippen molar-refractivity contribution in [3.05, 3.63) is 18.2 Å². The Morgan fingerprint density at radius 2 is 2.04 bits per heavy atom. The van der Waals surface area contributed by atoms with Crippen molar-refractivity contribution >= 4 is 11.8 Å². The van der Waals surface area contributed by atoms with Gasteiger partial charge in [-0.25, -0.2) is 4.98 Å². The van der Waals surface area contributed by atoms with Gasteiger partial charge in [-0.1, -0.05) is 0 Å². The number of amides is 2. The highest BCUT2D eigenvalue weighted by Crippen LogP contribution is 2.45. The fourth-order valence-electron chi connectivity index (χ4n) is 4.28. The van der Waals surface area contributed by atoms with Gasteiger partial charge < -0.3 is 20.7 Å². The molecule has 2 aliphatic rings. The number of carbonyl (C=O) groups excluding carboxylic acids is 2. The maximum atomic E-state index is 12.5. The normalized spacial score (nSPS) is 23.7. The van der Waals surface area contributed by atoms with Crippen molar-refractivity contribution in [3.63, 3.8) is 0 Å². The van der Waals surface area contributed by atoms with E-state index in [1.807, 2.05) is 4.90 Å². The van der Waals surface area contributed by atoms with Gasteiger partial charge in [-0.05, 0) is 37.8 Å². The summed E-state index contributed by atoms with van der Waals surface area (Å²) in [5.41, 5.74) is 6.16. The van der Waals surface area contributed by atoms with Gasteiger partial charge in [-0.15, -0.1) is 0 Å². The van der Waals surface area contributed by atoms with E-state index in [1.54, 1.807) is 12.5 Å². The summed E-state index contributed by atoms with van der Waals surface area (Å²) in [5.74, 6) is -0.139. The minimum Gasteiger partial charge on any atom is -0.396 e. The van der Waals surface area contributed by atoms with Crippen molar-refractivity contribution in [2.75, 3.05) is 39.3 Å². The Bertz CT molecular complexity index is 595. The lowest BCUT2D eigenvalue weighted by molar-refractivity contribution is -0.137. The van der Waals surface area contributed by atoms with Gasteiger partial charge in [0.05, 0.1) is 19.3 Å². The van der Waals surface area contributed by atoms with Crippen molar-refractivity contribution in [3.8, 4) is 0 Å². The van der Waals surface area contributed by atoms with E-state index in [1.165, 1.54) is 0 Å². The maximum absolute atomic E-state index is 12.5. The van der Waals surface area contributed by atoms with E-state index >= 15 is 0 Å². The number of piperidine rings is 2. The number of aromatic amines is 1. The molecule has 0 bridgehead atoms. The highest BCUT2D eigenvalue weighted by atomic mass is 16.3. The molecular weight excluding hydrogens is 322 g/mol. The number of carbonyl (C=O) groups is 2. The molecular formula is C17H27N5O3. The fourth-order valence-corrected chi connectivity index (χ4v) is 4.28. The van der Waals surface area contributed by atoms with Crippen LogP contribution in [0.5, 0.6) is 0 Å². The molecule has 8 nitrogen and oxygen atoms in total. The van der Waals surface area contributed by atoms with E-state index in [0.717, 1.165) is 44.6 Å². The molecule has 1 unspecified atom stereocenters. The number of rotatable bonds is 5. The lowest BCUT2D eigenvalue weighted by Crippen LogP contribution is -2.55. The van der Waals surface area contributed by atoms with Crippen molar-refractivity contribution in [1.29, 1.82) is 0 Å². The molecule has 1 spiro atoms. The quantitative estimate of drug-likeness (QED) is 0.654. The number of hydrogen-bond donors (Lipinski definition) is 3. The van der Waals surface area contributed by atoms with Gasteiger partial charge in [-0.3, -0.25) is 14.5 Å². The first-order valence-corrected chi connectivity index (χ1v) is 8.89. The summed E-state index contributed by atoms with van der Waals surface area (Å²) in [6, 6.07) is 0. The number of likely N-dealkylation sites (tertiary alicyclic amines) is 2. The largest absolute Gasteiger partial charge is 0.396 e. The van der Waals surface area contributed by atoms with E-state index < -0.39 is 0 Å². The third-order valence-electron chi connectivity index (χ3n) is 5.89. The van der Waals surface area contributed by atoms with Crippen LogP contribution in [0, 0.1) is 11.3 Å². The number of hydrogen-bond acceptors (Lipinski definition) is 5. The molecule has 1 aromatic rings. The maximum Gasteiger partial charge on any atom is 0.231 e. The zero-order valence-electron chi connectivity index (χ0n) is 14.5. The molecule has 0 aromatic carbocycles. The van der Waals surface area contributed by atoms with Crippen LogP contribution in [0.15, 0.2) is 12.5 Å². The van der Waals surface area contributed by atoms with E-state index in [2.05, 4.69) is 14.9 Å². The average Bonchev–Trinajstić information content (AvgIpc) is 3.10. The zero-order valence-corrected chi connectivity index (χ0v) is 14.5. The van der Waals surface area contributed by atoms with Crippen LogP contribution in [0.2, 0.25) is 0 Å². The Morgan fingerprint density at radius 1 is 1.32 bits per heavy atom. The summed E-state index contributed by atoms with van der Waals surface area (Å²) in [7, 11) is 0.